The van der Waals surface area contributed by atoms with Crippen molar-refractivity contribution in [1.82, 2.24) is 10.2 Å². The summed E-state index contributed by atoms with van der Waals surface area (Å²) in [5.41, 5.74) is 1.74. The largest absolute Gasteiger partial charge is 0.372 e. The Balaban J connectivity index is 2.75. The number of nitrogens with one attached hydrogen (secondary N) is 1. The van der Waals surface area contributed by atoms with Gasteiger partial charge < -0.3 is 15.1 Å². The average molecular weight is 281 g/mol. The molecule has 114 valence electrons. The lowest BCUT2D eigenvalue weighted by molar-refractivity contribution is 0.401. The van der Waals surface area contributed by atoms with E-state index in [0.717, 1.165) is 30.8 Å². The number of anilines is 1. The molecule has 0 bridgehead atoms. The van der Waals surface area contributed by atoms with Gasteiger partial charge in [-0.2, -0.15) is 0 Å². The fraction of sp³-hybridized carbons (Fsp3) is 0.625. The summed E-state index contributed by atoms with van der Waals surface area (Å²) in [7, 11) is 6.08. The molecule has 0 spiro atoms. The second kappa shape index (κ2) is 8.22. The normalized spacial score (nSPS) is 11.4. The molecular weight excluding hydrogens is 253 g/mol. The van der Waals surface area contributed by atoms with Gasteiger partial charge >= 0.3 is 0 Å². The van der Waals surface area contributed by atoms with Crippen LogP contribution >= 0.6 is 0 Å². The molecule has 0 radical (unpaired) electrons. The molecule has 4 heteroatoms. The Labute approximate surface area is 122 Å². The van der Waals surface area contributed by atoms with Crippen molar-refractivity contribution < 1.29 is 4.39 Å². The summed E-state index contributed by atoms with van der Waals surface area (Å²) in [5.74, 6) is -0.139. The van der Waals surface area contributed by atoms with Gasteiger partial charge in [0.05, 0.1) is 5.69 Å². The van der Waals surface area contributed by atoms with Crippen molar-refractivity contribution in [2.24, 2.45) is 0 Å². The highest BCUT2D eigenvalue weighted by Crippen LogP contribution is 2.23. The lowest BCUT2D eigenvalue weighted by Crippen LogP contribution is -2.27. The van der Waals surface area contributed by atoms with Crippen molar-refractivity contribution >= 4 is 5.69 Å². The first-order valence-electron chi connectivity index (χ1n) is 7.28. The molecule has 1 N–H and O–H groups in total. The van der Waals surface area contributed by atoms with Crippen molar-refractivity contribution in [1.29, 1.82) is 0 Å². The number of hydrogen-bond donors (Lipinski definition) is 1. The fourth-order valence-electron chi connectivity index (χ4n) is 2.18. The molecule has 20 heavy (non-hydrogen) atoms. The second-order valence-corrected chi connectivity index (χ2v) is 5.86. The van der Waals surface area contributed by atoms with Gasteiger partial charge in [0.15, 0.2) is 0 Å². The first kappa shape index (κ1) is 16.9. The van der Waals surface area contributed by atoms with E-state index in [9.17, 15) is 4.39 Å². The van der Waals surface area contributed by atoms with Crippen molar-refractivity contribution in [3.05, 3.63) is 29.6 Å². The monoisotopic (exact) mass is 281 g/mol. The van der Waals surface area contributed by atoms with Crippen molar-refractivity contribution in [3.63, 3.8) is 0 Å². The van der Waals surface area contributed by atoms with E-state index >= 15 is 0 Å². The van der Waals surface area contributed by atoms with Crippen molar-refractivity contribution in [3.8, 4) is 0 Å². The Kier molecular flexibility index (Phi) is 6.96. The number of halogens is 1. The number of nitrogens with zero attached hydrogens (tertiary/aromatic N) is 2. The minimum atomic E-state index is -0.139. The van der Waals surface area contributed by atoms with Gasteiger partial charge in [-0.15, -0.1) is 0 Å². The van der Waals surface area contributed by atoms with Crippen LogP contribution in [0, 0.1) is 5.82 Å². The number of rotatable bonds is 8. The van der Waals surface area contributed by atoms with Crippen molar-refractivity contribution in [2.75, 3.05) is 39.1 Å². The van der Waals surface area contributed by atoms with E-state index in [1.54, 1.807) is 6.07 Å². The quantitative estimate of drug-likeness (QED) is 0.790. The number of benzene rings is 1. The van der Waals surface area contributed by atoms with Crippen LogP contribution in [0.2, 0.25) is 0 Å². The predicted octanol–water partition coefficient (Wildman–Crippen LogP) is 2.71. The molecule has 0 saturated carbocycles. The zero-order valence-electron chi connectivity index (χ0n) is 13.4. The van der Waals surface area contributed by atoms with Gasteiger partial charge in [-0.05, 0) is 38.7 Å². The third-order valence-corrected chi connectivity index (χ3v) is 3.25. The molecule has 0 aromatic heterocycles. The van der Waals surface area contributed by atoms with Gasteiger partial charge in [-0.3, -0.25) is 0 Å². The van der Waals surface area contributed by atoms with E-state index in [4.69, 9.17) is 0 Å². The minimum Gasteiger partial charge on any atom is -0.372 e. The van der Waals surface area contributed by atoms with Crippen LogP contribution in [0.4, 0.5) is 10.1 Å². The van der Waals surface area contributed by atoms with E-state index in [1.807, 2.05) is 18.0 Å². The smallest absolute Gasteiger partial charge is 0.146 e. The molecule has 0 aliphatic heterocycles. The summed E-state index contributed by atoms with van der Waals surface area (Å²) >= 11 is 0. The lowest BCUT2D eigenvalue weighted by Gasteiger charge is -2.24. The zero-order chi connectivity index (χ0) is 15.1. The molecule has 1 rings (SSSR count). The minimum absolute atomic E-state index is 0.139. The Bertz CT molecular complexity index is 405. The van der Waals surface area contributed by atoms with Crippen molar-refractivity contribution in [2.45, 2.75) is 32.9 Å². The predicted molar refractivity (Wildman–Crippen MR) is 84.8 cm³/mol. The van der Waals surface area contributed by atoms with Crippen LogP contribution in [-0.4, -0.2) is 45.2 Å². The number of para-hydroxylation sites is 1. The maximum atomic E-state index is 14.1. The SMILES string of the molecule is CC(C)NCc1cccc(F)c1N(C)CCCN(C)C. The first-order chi connectivity index (χ1) is 9.41. The van der Waals surface area contributed by atoms with E-state index in [2.05, 4.69) is 38.2 Å². The standard InChI is InChI=1S/C16H28FN3/c1-13(2)18-12-14-8-6-9-15(17)16(14)20(5)11-7-10-19(3)4/h6,8-9,13,18H,7,10-12H2,1-5H3. The maximum absolute atomic E-state index is 14.1. The summed E-state index contributed by atoms with van der Waals surface area (Å²) < 4.78 is 14.1. The highest BCUT2D eigenvalue weighted by Gasteiger charge is 2.13. The van der Waals surface area contributed by atoms with Gasteiger partial charge in [-0.25, -0.2) is 4.39 Å². The Morgan fingerprint density at radius 2 is 1.85 bits per heavy atom. The molecule has 1 aromatic carbocycles. The number of hydrogen-bond acceptors (Lipinski definition) is 3. The molecule has 0 amide bonds. The molecule has 0 atom stereocenters. The van der Waals surface area contributed by atoms with Crippen LogP contribution < -0.4 is 10.2 Å². The third-order valence-electron chi connectivity index (χ3n) is 3.25. The molecule has 0 fully saturated rings. The topological polar surface area (TPSA) is 18.5 Å². The van der Waals surface area contributed by atoms with E-state index < -0.39 is 0 Å². The molecule has 0 saturated heterocycles. The van der Waals surface area contributed by atoms with E-state index in [-0.39, 0.29) is 5.82 Å². The fourth-order valence-corrected chi connectivity index (χ4v) is 2.18. The van der Waals surface area contributed by atoms with Gasteiger partial charge in [0.1, 0.15) is 5.82 Å². The molecule has 0 aliphatic rings. The zero-order valence-corrected chi connectivity index (χ0v) is 13.4. The summed E-state index contributed by atoms with van der Waals surface area (Å²) in [6.07, 6.45) is 1.02. The molecule has 1 aromatic rings. The summed E-state index contributed by atoms with van der Waals surface area (Å²) in [4.78, 5) is 4.17. The Morgan fingerprint density at radius 3 is 2.45 bits per heavy atom. The first-order valence-corrected chi connectivity index (χ1v) is 7.28. The molecule has 0 aliphatic carbocycles. The van der Waals surface area contributed by atoms with Crippen LogP contribution in [0.5, 0.6) is 0 Å². The van der Waals surface area contributed by atoms with Gasteiger partial charge in [0.2, 0.25) is 0 Å². The van der Waals surface area contributed by atoms with Gasteiger partial charge in [0.25, 0.3) is 0 Å². The highest BCUT2D eigenvalue weighted by molar-refractivity contribution is 5.54. The van der Waals surface area contributed by atoms with Gasteiger partial charge in [0, 0.05) is 26.2 Å². The van der Waals surface area contributed by atoms with Crippen LogP contribution in [0.25, 0.3) is 0 Å². The van der Waals surface area contributed by atoms with Gasteiger partial charge in [-0.1, -0.05) is 26.0 Å². The van der Waals surface area contributed by atoms with E-state index in [1.165, 1.54) is 6.07 Å². The maximum Gasteiger partial charge on any atom is 0.146 e. The third kappa shape index (κ3) is 5.47. The average Bonchev–Trinajstić information content (AvgIpc) is 2.35. The summed E-state index contributed by atoms with van der Waals surface area (Å²) in [6, 6.07) is 5.71. The summed E-state index contributed by atoms with van der Waals surface area (Å²) in [5, 5.41) is 3.36. The molecular formula is C16H28FN3. The van der Waals surface area contributed by atoms with Crippen LogP contribution in [0.3, 0.4) is 0 Å². The second-order valence-electron chi connectivity index (χ2n) is 5.86. The van der Waals surface area contributed by atoms with Crippen LogP contribution in [-0.2, 0) is 6.54 Å². The molecule has 3 nitrogen and oxygen atoms in total. The highest BCUT2D eigenvalue weighted by atomic mass is 19.1. The van der Waals surface area contributed by atoms with E-state index in [0.29, 0.717) is 12.6 Å². The Hall–Kier alpha value is -1.13. The molecule has 0 heterocycles. The Morgan fingerprint density at radius 1 is 1.15 bits per heavy atom. The molecule has 0 unspecified atom stereocenters. The van der Waals surface area contributed by atoms with Crippen LogP contribution in [0.1, 0.15) is 25.8 Å². The van der Waals surface area contributed by atoms with Crippen LogP contribution in [0.15, 0.2) is 18.2 Å². The summed E-state index contributed by atoms with van der Waals surface area (Å²) in [6.45, 7) is 6.76. The lowest BCUT2D eigenvalue weighted by atomic mass is 10.1.